The minimum Gasteiger partial charge on any atom is -0.485 e. The van der Waals surface area contributed by atoms with Crippen molar-refractivity contribution in [1.82, 2.24) is 5.43 Å². The molecule has 0 fully saturated rings. The van der Waals surface area contributed by atoms with Gasteiger partial charge in [0.1, 0.15) is 12.3 Å². The van der Waals surface area contributed by atoms with Crippen molar-refractivity contribution in [3.8, 4) is 11.5 Å². The van der Waals surface area contributed by atoms with Crippen molar-refractivity contribution in [2.24, 2.45) is 5.10 Å². The van der Waals surface area contributed by atoms with Gasteiger partial charge in [-0.15, -0.1) is 0 Å². The fourth-order valence-corrected chi connectivity index (χ4v) is 3.42. The van der Waals surface area contributed by atoms with Crippen molar-refractivity contribution in [3.05, 3.63) is 71.8 Å². The quantitative estimate of drug-likeness (QED) is 0.715. The molecule has 2 aliphatic rings. The number of amides is 1. The Morgan fingerprint density at radius 2 is 1.70 bits per heavy atom. The maximum atomic E-state index is 12.7. The average Bonchev–Trinajstić information content (AvgIpc) is 2.99. The van der Waals surface area contributed by atoms with Gasteiger partial charge in [-0.05, 0) is 17.5 Å². The molecule has 3 aromatic rings. The third-order valence-electron chi connectivity index (χ3n) is 4.70. The zero-order valence-electron chi connectivity index (χ0n) is 14.1. The van der Waals surface area contributed by atoms with Crippen LogP contribution in [0.1, 0.15) is 15.9 Å². The Bertz CT molecular complexity index is 1130. The molecule has 6 nitrogen and oxygen atoms in total. The summed E-state index contributed by atoms with van der Waals surface area (Å²) in [5.74, 6) is 0.438. The summed E-state index contributed by atoms with van der Waals surface area (Å²) in [6.07, 6.45) is -0.834. The molecular weight excluding hydrogens is 344 g/mol. The highest BCUT2D eigenvalue weighted by Gasteiger charge is 2.31. The fraction of sp³-hybridized carbons (Fsp3) is 0.0952. The number of nitrogens with zero attached hydrogens (tertiary/aromatic N) is 1. The maximum absolute atomic E-state index is 12.7. The van der Waals surface area contributed by atoms with Crippen LogP contribution in [-0.2, 0) is 4.79 Å². The van der Waals surface area contributed by atoms with E-state index in [9.17, 15) is 9.59 Å². The van der Waals surface area contributed by atoms with Crippen LogP contribution in [0.2, 0.25) is 0 Å². The molecule has 0 saturated carbocycles. The largest absolute Gasteiger partial charge is 0.485 e. The van der Waals surface area contributed by atoms with E-state index in [1.807, 2.05) is 36.4 Å². The van der Waals surface area contributed by atoms with Gasteiger partial charge in [-0.3, -0.25) is 9.59 Å². The van der Waals surface area contributed by atoms with Gasteiger partial charge in [-0.1, -0.05) is 48.5 Å². The van der Waals surface area contributed by atoms with Crippen LogP contribution in [0.15, 0.2) is 65.8 Å². The average molecular weight is 358 g/mol. The summed E-state index contributed by atoms with van der Waals surface area (Å²) in [6.45, 7) is 0.0808. The van der Waals surface area contributed by atoms with Gasteiger partial charge in [0.05, 0.1) is 0 Å². The molecule has 0 aromatic heterocycles. The highest BCUT2D eigenvalue weighted by molar-refractivity contribution is 6.59. The van der Waals surface area contributed by atoms with Gasteiger partial charge in [0.2, 0.25) is 11.9 Å². The zero-order valence-corrected chi connectivity index (χ0v) is 14.1. The monoisotopic (exact) mass is 358 g/mol. The number of ketones is 1. The highest BCUT2D eigenvalue weighted by Crippen LogP contribution is 2.32. The molecule has 1 amide bonds. The van der Waals surface area contributed by atoms with E-state index in [4.69, 9.17) is 9.47 Å². The molecule has 0 unspecified atom stereocenters. The summed E-state index contributed by atoms with van der Waals surface area (Å²) < 4.78 is 11.2. The van der Waals surface area contributed by atoms with Gasteiger partial charge in [0.15, 0.2) is 11.5 Å². The van der Waals surface area contributed by atoms with Crippen LogP contribution >= 0.6 is 0 Å². The first kappa shape index (κ1) is 15.6. The van der Waals surface area contributed by atoms with E-state index in [1.54, 1.807) is 24.3 Å². The van der Waals surface area contributed by atoms with Crippen molar-refractivity contribution in [1.29, 1.82) is 0 Å². The van der Waals surface area contributed by atoms with Crippen molar-refractivity contribution in [2.75, 3.05) is 6.61 Å². The third-order valence-corrected chi connectivity index (χ3v) is 4.70. The fourth-order valence-electron chi connectivity index (χ4n) is 3.42. The van der Waals surface area contributed by atoms with Gasteiger partial charge in [-0.2, -0.15) is 5.10 Å². The standard InChI is InChI=1S/C21H14N2O4/c24-20-14-8-4-6-12-5-3-7-13(18(12)14)19(20)22-23-21(25)17-11-26-15-9-1-2-10-16(15)27-17/h1-10,17H,11H2,(H,23,25)/b22-19+/t17-/m0/s1. The first-order chi connectivity index (χ1) is 13.2. The molecule has 1 atom stereocenters. The first-order valence-electron chi connectivity index (χ1n) is 8.55. The molecule has 0 saturated heterocycles. The Labute approximate surface area is 154 Å². The second-order valence-electron chi connectivity index (χ2n) is 6.34. The Morgan fingerprint density at radius 1 is 0.963 bits per heavy atom. The van der Waals surface area contributed by atoms with Crippen LogP contribution in [0.5, 0.6) is 11.5 Å². The minimum atomic E-state index is -0.834. The highest BCUT2D eigenvalue weighted by atomic mass is 16.6. The normalized spacial score (nSPS) is 18.7. The molecule has 3 aromatic carbocycles. The number of hydrazone groups is 1. The van der Waals surface area contributed by atoms with E-state index in [0.29, 0.717) is 17.1 Å². The summed E-state index contributed by atoms with van der Waals surface area (Å²) in [5.41, 5.74) is 4.01. The summed E-state index contributed by atoms with van der Waals surface area (Å²) in [5, 5.41) is 5.94. The number of hydrogen-bond donors (Lipinski definition) is 1. The van der Waals surface area contributed by atoms with Crippen LogP contribution in [0.3, 0.4) is 0 Å². The molecule has 0 spiro atoms. The molecule has 5 rings (SSSR count). The van der Waals surface area contributed by atoms with E-state index in [0.717, 1.165) is 16.3 Å². The number of ether oxygens (including phenoxy) is 2. The lowest BCUT2D eigenvalue weighted by Crippen LogP contribution is -2.42. The molecule has 0 bridgehead atoms. The molecule has 27 heavy (non-hydrogen) atoms. The smallest absolute Gasteiger partial charge is 0.284 e. The van der Waals surface area contributed by atoms with Crippen molar-refractivity contribution < 1.29 is 19.1 Å². The molecule has 1 N–H and O–H groups in total. The van der Waals surface area contributed by atoms with Gasteiger partial charge < -0.3 is 9.47 Å². The number of Topliss-reactive ketones (excluding diaryl/α,β-unsaturated/α-hetero) is 1. The van der Waals surface area contributed by atoms with Crippen molar-refractivity contribution >= 4 is 28.2 Å². The zero-order chi connectivity index (χ0) is 18.4. The van der Waals surface area contributed by atoms with Gasteiger partial charge in [-0.25, -0.2) is 5.43 Å². The predicted molar refractivity (Wildman–Crippen MR) is 99.3 cm³/mol. The maximum Gasteiger partial charge on any atom is 0.284 e. The summed E-state index contributed by atoms with van der Waals surface area (Å²) in [7, 11) is 0. The van der Waals surface area contributed by atoms with Crippen molar-refractivity contribution in [3.63, 3.8) is 0 Å². The number of para-hydroxylation sites is 2. The lowest BCUT2D eigenvalue weighted by atomic mass is 10.1. The summed E-state index contributed by atoms with van der Waals surface area (Å²) in [4.78, 5) is 25.1. The minimum absolute atomic E-state index is 0.0808. The van der Waals surface area contributed by atoms with Crippen LogP contribution in [0.4, 0.5) is 0 Å². The number of nitrogens with one attached hydrogen (secondary N) is 1. The van der Waals surface area contributed by atoms with E-state index in [2.05, 4.69) is 10.5 Å². The molecule has 6 heteroatoms. The number of carbonyl (C=O) groups is 2. The van der Waals surface area contributed by atoms with Crippen molar-refractivity contribution in [2.45, 2.75) is 6.10 Å². The number of benzene rings is 3. The lowest BCUT2D eigenvalue weighted by molar-refractivity contribution is -0.130. The second kappa shape index (κ2) is 5.95. The molecule has 0 radical (unpaired) electrons. The van der Waals surface area contributed by atoms with Crippen LogP contribution in [0, 0.1) is 0 Å². The SMILES string of the molecule is O=C1/C(=N/NC(=O)[C@@H]2COc3ccccc3O2)c2cccc3cccc1c23. The first-order valence-corrected chi connectivity index (χ1v) is 8.55. The van der Waals surface area contributed by atoms with E-state index >= 15 is 0 Å². The van der Waals surface area contributed by atoms with Crippen LogP contribution in [-0.4, -0.2) is 30.1 Å². The Hall–Kier alpha value is -3.67. The predicted octanol–water partition coefficient (Wildman–Crippen LogP) is 2.70. The van der Waals surface area contributed by atoms with Crippen LogP contribution < -0.4 is 14.9 Å². The number of rotatable bonds is 2. The third kappa shape index (κ3) is 2.45. The Kier molecular flexibility index (Phi) is 3.43. The van der Waals surface area contributed by atoms with Gasteiger partial charge in [0.25, 0.3) is 5.91 Å². The molecular formula is C21H14N2O4. The molecule has 132 valence electrons. The second-order valence-corrected chi connectivity index (χ2v) is 6.34. The number of fused-ring (bicyclic) bond motifs is 1. The Morgan fingerprint density at radius 3 is 2.52 bits per heavy atom. The van der Waals surface area contributed by atoms with Crippen LogP contribution in [0.25, 0.3) is 10.8 Å². The number of carbonyl (C=O) groups excluding carboxylic acids is 2. The molecule has 1 heterocycles. The summed E-state index contributed by atoms with van der Waals surface area (Å²) >= 11 is 0. The molecule has 1 aliphatic heterocycles. The van der Waals surface area contributed by atoms with E-state index in [1.165, 1.54) is 0 Å². The van der Waals surface area contributed by atoms with Gasteiger partial charge >= 0.3 is 0 Å². The van der Waals surface area contributed by atoms with E-state index < -0.39 is 12.0 Å². The van der Waals surface area contributed by atoms with Gasteiger partial charge in [0, 0.05) is 16.5 Å². The number of hydrogen-bond acceptors (Lipinski definition) is 5. The summed E-state index contributed by atoms with van der Waals surface area (Å²) in [6, 6.07) is 18.3. The van der Waals surface area contributed by atoms with E-state index in [-0.39, 0.29) is 18.1 Å². The lowest BCUT2D eigenvalue weighted by Gasteiger charge is -2.24. The Balaban J connectivity index is 1.40. The molecule has 1 aliphatic carbocycles. The topological polar surface area (TPSA) is 77.0 Å².